The molecule has 0 aromatic heterocycles. The minimum atomic E-state index is -0.318. The monoisotopic (exact) mass is 171 g/mol. The quantitative estimate of drug-likeness (QED) is 0.477. The van der Waals surface area contributed by atoms with Gasteiger partial charge >= 0.3 is 0 Å². The Morgan fingerprint density at radius 3 is 2.29 bits per heavy atom. The number of rotatable bonds is 3. The van der Waals surface area contributed by atoms with Crippen LogP contribution in [-0.2, 0) is 4.84 Å². The fraction of sp³-hybridized carbons (Fsp3) is 1.00. The van der Waals surface area contributed by atoms with Crippen molar-refractivity contribution in [2.24, 2.45) is 0 Å². The molecule has 0 aliphatic carbocycles. The van der Waals surface area contributed by atoms with Crippen LogP contribution in [0.4, 0.5) is 0 Å². The van der Waals surface area contributed by atoms with E-state index >= 15 is 0 Å². The third kappa shape index (κ3) is 6.32. The van der Waals surface area contributed by atoms with Crippen LogP contribution in [0.2, 0.25) is 0 Å². The Morgan fingerprint density at radius 1 is 1.57 bits per heavy atom. The second-order valence-electron chi connectivity index (χ2n) is 0.775. The van der Waals surface area contributed by atoms with E-state index in [1.807, 2.05) is 0 Å². The molecule has 5 heteroatoms. The summed E-state index contributed by atoms with van der Waals surface area (Å²) in [6.07, 6.45) is 0. The molecule has 0 aromatic rings. The maximum absolute atomic E-state index is 7.83. The van der Waals surface area contributed by atoms with Gasteiger partial charge in [-0.2, -0.15) is 0 Å². The minimum absolute atomic E-state index is 0.243. The highest BCUT2D eigenvalue weighted by molar-refractivity contribution is 9.09. The Balaban J connectivity index is 2.68. The normalized spacial score (nSPS) is 10.3. The average Bonchev–Trinajstić information content (AvgIpc) is 1.61. The average molecular weight is 172 g/mol. The van der Waals surface area contributed by atoms with Gasteiger partial charge in [0.1, 0.15) is 0 Å². The maximum Gasteiger partial charge on any atom is 0.0833 e. The van der Waals surface area contributed by atoms with Gasteiger partial charge in [0.2, 0.25) is 0 Å². The molecule has 0 saturated carbocycles. The van der Waals surface area contributed by atoms with E-state index in [2.05, 4.69) is 20.8 Å². The van der Waals surface area contributed by atoms with Crippen molar-refractivity contribution in [1.82, 2.24) is 5.39 Å². The molecule has 0 radical (unpaired) electrons. The van der Waals surface area contributed by atoms with Gasteiger partial charge < -0.3 is 0 Å². The summed E-state index contributed by atoms with van der Waals surface area (Å²) >= 11 is 3.00. The fourth-order valence-corrected chi connectivity index (χ4v) is 0.261. The molecule has 0 aromatic carbocycles. The van der Waals surface area contributed by atoms with E-state index in [0.29, 0.717) is 5.33 Å². The second-order valence-corrected chi connectivity index (χ2v) is 1.57. The lowest BCUT2D eigenvalue weighted by Gasteiger charge is -2.01. The van der Waals surface area contributed by atoms with E-state index in [4.69, 9.17) is 10.4 Å². The Labute approximate surface area is 49.3 Å². The SMILES string of the molecule is ON(O)OCCBr. The van der Waals surface area contributed by atoms with Crippen molar-refractivity contribution in [2.45, 2.75) is 0 Å². The van der Waals surface area contributed by atoms with Gasteiger partial charge in [-0.1, -0.05) is 15.9 Å². The van der Waals surface area contributed by atoms with Crippen LogP contribution in [0.1, 0.15) is 0 Å². The number of alkyl halides is 1. The van der Waals surface area contributed by atoms with E-state index in [1.165, 1.54) is 0 Å². The van der Waals surface area contributed by atoms with Crippen LogP contribution in [0.15, 0.2) is 0 Å². The van der Waals surface area contributed by atoms with Crippen molar-refractivity contribution in [3.8, 4) is 0 Å². The molecule has 0 aliphatic rings. The lowest BCUT2D eigenvalue weighted by molar-refractivity contribution is -0.490. The summed E-state index contributed by atoms with van der Waals surface area (Å²) in [6.45, 7) is 0.243. The highest BCUT2D eigenvalue weighted by atomic mass is 79.9. The molecule has 44 valence electrons. The highest BCUT2D eigenvalue weighted by Crippen LogP contribution is 1.81. The standard InChI is InChI=1S/C2H6BrNO3/c3-1-2-7-4(5)6/h5-6H,1-2H2. The molecule has 4 nitrogen and oxygen atoms in total. The zero-order valence-corrected chi connectivity index (χ0v) is 5.13. The van der Waals surface area contributed by atoms with E-state index < -0.39 is 0 Å². The van der Waals surface area contributed by atoms with E-state index in [0.717, 1.165) is 0 Å². The molecule has 0 heterocycles. The predicted octanol–water partition coefficient (Wildman–Crippen LogP) is 0.393. The number of halogens is 1. The van der Waals surface area contributed by atoms with Gasteiger partial charge in [0, 0.05) is 5.33 Å². The summed E-state index contributed by atoms with van der Waals surface area (Å²) in [5, 5.41) is 15.9. The fourth-order valence-electron chi connectivity index (χ4n) is 0.116. The van der Waals surface area contributed by atoms with Crippen LogP contribution in [-0.4, -0.2) is 27.7 Å². The van der Waals surface area contributed by atoms with Crippen LogP contribution < -0.4 is 0 Å². The topological polar surface area (TPSA) is 52.9 Å². The van der Waals surface area contributed by atoms with Gasteiger partial charge in [-0.05, 0) is 0 Å². The first-order chi connectivity index (χ1) is 3.27. The molecule has 0 rings (SSSR count). The third-order valence-corrected chi connectivity index (χ3v) is 0.608. The highest BCUT2D eigenvalue weighted by Gasteiger charge is 1.87. The largest absolute Gasteiger partial charge is 0.266 e. The first kappa shape index (κ1) is 7.32. The summed E-state index contributed by atoms with van der Waals surface area (Å²) in [7, 11) is 0. The third-order valence-electron chi connectivity index (χ3n) is 0.284. The second kappa shape index (κ2) is 4.48. The van der Waals surface area contributed by atoms with Crippen LogP contribution in [0.3, 0.4) is 0 Å². The van der Waals surface area contributed by atoms with E-state index in [1.54, 1.807) is 0 Å². The summed E-state index contributed by atoms with van der Waals surface area (Å²) in [5.74, 6) is 0. The predicted molar refractivity (Wildman–Crippen MR) is 25.2 cm³/mol. The zero-order chi connectivity index (χ0) is 5.70. The summed E-state index contributed by atoms with van der Waals surface area (Å²) in [6, 6.07) is 0. The van der Waals surface area contributed by atoms with Gasteiger partial charge in [0.05, 0.1) is 12.0 Å². The molecule has 0 spiro atoms. The summed E-state index contributed by atoms with van der Waals surface area (Å²) in [4.78, 5) is 4.09. The first-order valence-electron chi connectivity index (χ1n) is 1.64. The van der Waals surface area contributed by atoms with Gasteiger partial charge in [0.25, 0.3) is 0 Å². The van der Waals surface area contributed by atoms with Crippen molar-refractivity contribution in [2.75, 3.05) is 11.9 Å². The van der Waals surface area contributed by atoms with Crippen molar-refractivity contribution in [3.63, 3.8) is 0 Å². The molecule has 0 aliphatic heterocycles. The Hall–Kier alpha value is 0.320. The van der Waals surface area contributed by atoms with Crippen LogP contribution in [0, 0.1) is 0 Å². The van der Waals surface area contributed by atoms with Crippen molar-refractivity contribution in [1.29, 1.82) is 0 Å². The van der Waals surface area contributed by atoms with Crippen molar-refractivity contribution >= 4 is 15.9 Å². The Morgan fingerprint density at radius 2 is 2.14 bits per heavy atom. The number of hydrogen-bond donors (Lipinski definition) is 2. The molecular formula is C2H6BrNO3. The van der Waals surface area contributed by atoms with Gasteiger partial charge in [-0.3, -0.25) is 10.4 Å². The molecule has 0 atom stereocenters. The molecule has 0 bridgehead atoms. The molecule has 0 unspecified atom stereocenters. The number of nitrogens with zero attached hydrogens (tertiary/aromatic N) is 1. The van der Waals surface area contributed by atoms with Crippen molar-refractivity contribution < 1.29 is 15.3 Å². The smallest absolute Gasteiger partial charge is 0.0833 e. The lowest BCUT2D eigenvalue weighted by atomic mass is 10.9. The van der Waals surface area contributed by atoms with Crippen LogP contribution in [0.25, 0.3) is 0 Å². The Kier molecular flexibility index (Phi) is 4.68. The van der Waals surface area contributed by atoms with Crippen molar-refractivity contribution in [3.05, 3.63) is 0 Å². The molecule has 0 amide bonds. The number of hydrogen-bond acceptors (Lipinski definition) is 4. The maximum atomic E-state index is 7.83. The molecular weight excluding hydrogens is 166 g/mol. The van der Waals surface area contributed by atoms with Gasteiger partial charge in [0.15, 0.2) is 0 Å². The molecule has 2 N–H and O–H groups in total. The van der Waals surface area contributed by atoms with Gasteiger partial charge in [-0.15, -0.1) is 0 Å². The summed E-state index contributed by atoms with van der Waals surface area (Å²) < 4.78 is 0. The van der Waals surface area contributed by atoms with E-state index in [-0.39, 0.29) is 12.0 Å². The minimum Gasteiger partial charge on any atom is -0.266 e. The Bertz CT molecular complexity index is 41.9. The summed E-state index contributed by atoms with van der Waals surface area (Å²) in [5.41, 5.74) is 0. The first-order valence-corrected chi connectivity index (χ1v) is 2.76. The molecule has 0 fully saturated rings. The molecule has 0 saturated heterocycles. The molecule has 7 heavy (non-hydrogen) atoms. The van der Waals surface area contributed by atoms with Gasteiger partial charge in [-0.25, -0.2) is 4.84 Å². The van der Waals surface area contributed by atoms with E-state index in [9.17, 15) is 0 Å². The zero-order valence-electron chi connectivity index (χ0n) is 3.54. The van der Waals surface area contributed by atoms with Crippen LogP contribution in [0.5, 0.6) is 0 Å². The lowest BCUT2D eigenvalue weighted by Crippen LogP contribution is -2.15. The van der Waals surface area contributed by atoms with Crippen LogP contribution >= 0.6 is 15.9 Å².